The summed E-state index contributed by atoms with van der Waals surface area (Å²) in [6.45, 7) is 0.627. The number of nitrogens with zero attached hydrogens (tertiary/aromatic N) is 2. The summed E-state index contributed by atoms with van der Waals surface area (Å²) in [7, 11) is 0. The Hall–Kier alpha value is -3.18. The Balaban J connectivity index is 1.38. The number of alkyl halides is 3. The van der Waals surface area contributed by atoms with Crippen molar-refractivity contribution in [2.75, 3.05) is 19.9 Å². The van der Waals surface area contributed by atoms with Crippen molar-refractivity contribution in [1.82, 2.24) is 9.88 Å². The fourth-order valence-electron chi connectivity index (χ4n) is 5.06. The van der Waals surface area contributed by atoms with Crippen LogP contribution in [0.15, 0.2) is 48.7 Å². The van der Waals surface area contributed by atoms with Gasteiger partial charge in [-0.25, -0.2) is 9.78 Å². The number of carbonyl (C=O) groups excluding carboxylic acids is 1. The van der Waals surface area contributed by atoms with Crippen molar-refractivity contribution < 1.29 is 42.1 Å². The summed E-state index contributed by atoms with van der Waals surface area (Å²) in [6, 6.07) is 12.2. The molecule has 2 fully saturated rings. The molecule has 4 rings (SSSR count). The Labute approximate surface area is 218 Å². The van der Waals surface area contributed by atoms with Crippen LogP contribution in [0.25, 0.3) is 0 Å². The van der Waals surface area contributed by atoms with Gasteiger partial charge in [-0.15, -0.1) is 0 Å². The van der Waals surface area contributed by atoms with Crippen molar-refractivity contribution >= 4 is 11.9 Å². The van der Waals surface area contributed by atoms with Crippen molar-refractivity contribution in [2.45, 2.75) is 57.0 Å². The third-order valence-corrected chi connectivity index (χ3v) is 7.10. The number of amides is 1. The average Bonchev–Trinajstić information content (AvgIpc) is 3.32. The Morgan fingerprint density at radius 1 is 1.05 bits per heavy atom. The highest BCUT2D eigenvalue weighted by molar-refractivity contribution is 5.88. The zero-order chi connectivity index (χ0) is 27.1. The molecule has 2 heterocycles. The number of carboxylic acids is 1. The second kappa shape index (κ2) is 12.6. The molecule has 1 saturated heterocycles. The van der Waals surface area contributed by atoms with Gasteiger partial charge in [0.2, 0.25) is 5.91 Å². The van der Waals surface area contributed by atoms with E-state index in [4.69, 9.17) is 14.2 Å². The lowest BCUT2D eigenvalue weighted by molar-refractivity contribution is -0.185. The second-order valence-corrected chi connectivity index (χ2v) is 9.68. The molecule has 1 aromatic heterocycles. The highest BCUT2D eigenvalue weighted by atomic mass is 19.4. The number of hydrogen-bond acceptors (Lipinski definition) is 6. The van der Waals surface area contributed by atoms with Crippen LogP contribution in [-0.2, 0) is 20.9 Å². The van der Waals surface area contributed by atoms with Gasteiger partial charge in [0, 0.05) is 18.7 Å². The first-order chi connectivity index (χ1) is 18.2. The minimum atomic E-state index is -4.25. The normalized spacial score (nSPS) is 23.8. The minimum absolute atomic E-state index is 0.000339. The number of hydrogen-bond donors (Lipinski definition) is 1. The molecule has 1 aromatic carbocycles. The topological polar surface area (TPSA) is 98.2 Å². The molecule has 206 valence electrons. The zero-order valence-corrected chi connectivity index (χ0v) is 20.8. The van der Waals surface area contributed by atoms with Gasteiger partial charge in [0.25, 0.3) is 0 Å². The summed E-state index contributed by atoms with van der Waals surface area (Å²) < 4.78 is 56.6. The third-order valence-electron chi connectivity index (χ3n) is 7.10. The SMILES string of the molecule is O=C(O)c1ncccc1OC[C@H]1C[C@@H](OCOCc2ccccc2)CN1C(=O)[C@H]1CC[C@H](C(F)(F)F)CC1. The Bertz CT molecular complexity index is 1080. The molecule has 1 amide bonds. The van der Waals surface area contributed by atoms with Gasteiger partial charge in [0.05, 0.1) is 24.7 Å². The monoisotopic (exact) mass is 536 g/mol. The number of aromatic carboxylic acids is 1. The van der Waals surface area contributed by atoms with Gasteiger partial charge in [-0.1, -0.05) is 30.3 Å². The molecule has 0 spiro atoms. The van der Waals surface area contributed by atoms with Crippen molar-refractivity contribution in [3.05, 3.63) is 59.9 Å². The van der Waals surface area contributed by atoms with E-state index in [2.05, 4.69) is 4.98 Å². The molecule has 0 radical (unpaired) electrons. The van der Waals surface area contributed by atoms with Crippen molar-refractivity contribution in [2.24, 2.45) is 11.8 Å². The fraction of sp³-hybridized carbons (Fsp3) is 0.519. The molecular formula is C27H31F3N2O6. The number of benzene rings is 1. The maximum absolute atomic E-state index is 13.4. The quantitative estimate of drug-likeness (QED) is 0.348. The zero-order valence-electron chi connectivity index (χ0n) is 20.8. The molecule has 2 atom stereocenters. The van der Waals surface area contributed by atoms with Crippen LogP contribution in [0, 0.1) is 11.8 Å². The number of aromatic nitrogens is 1. The molecule has 0 bridgehead atoms. The lowest BCUT2D eigenvalue weighted by atomic mass is 9.81. The number of likely N-dealkylation sites (tertiary alicyclic amines) is 1. The number of rotatable bonds is 10. The van der Waals surface area contributed by atoms with Gasteiger partial charge in [0.1, 0.15) is 13.4 Å². The fourth-order valence-corrected chi connectivity index (χ4v) is 5.06. The molecule has 8 nitrogen and oxygen atoms in total. The Kier molecular flexibility index (Phi) is 9.22. The number of pyridine rings is 1. The Morgan fingerprint density at radius 3 is 2.47 bits per heavy atom. The summed E-state index contributed by atoms with van der Waals surface area (Å²) in [4.78, 5) is 30.3. The van der Waals surface area contributed by atoms with E-state index in [9.17, 15) is 27.9 Å². The van der Waals surface area contributed by atoms with Gasteiger partial charge in [-0.05, 0) is 49.8 Å². The second-order valence-electron chi connectivity index (χ2n) is 9.68. The van der Waals surface area contributed by atoms with Crippen LogP contribution in [0.4, 0.5) is 13.2 Å². The molecule has 1 saturated carbocycles. The van der Waals surface area contributed by atoms with E-state index in [1.165, 1.54) is 12.3 Å². The minimum Gasteiger partial charge on any atom is -0.489 e. The largest absolute Gasteiger partial charge is 0.489 e. The van der Waals surface area contributed by atoms with E-state index in [0.29, 0.717) is 13.0 Å². The van der Waals surface area contributed by atoms with Crippen LogP contribution in [-0.4, -0.2) is 65.1 Å². The highest BCUT2D eigenvalue weighted by Crippen LogP contribution is 2.40. The first-order valence-electron chi connectivity index (χ1n) is 12.6. The highest BCUT2D eigenvalue weighted by Gasteiger charge is 2.45. The van der Waals surface area contributed by atoms with E-state index in [-0.39, 0.29) is 69.1 Å². The lowest BCUT2D eigenvalue weighted by Crippen LogP contribution is -2.44. The summed E-state index contributed by atoms with van der Waals surface area (Å²) in [6.07, 6.45) is -2.64. The lowest BCUT2D eigenvalue weighted by Gasteiger charge is -2.33. The molecule has 1 N–H and O–H groups in total. The molecular weight excluding hydrogens is 505 g/mol. The van der Waals surface area contributed by atoms with E-state index < -0.39 is 30.0 Å². The van der Waals surface area contributed by atoms with Gasteiger partial charge in [0.15, 0.2) is 11.4 Å². The van der Waals surface area contributed by atoms with E-state index >= 15 is 0 Å². The molecule has 2 aromatic rings. The van der Waals surface area contributed by atoms with Crippen LogP contribution in [0.1, 0.15) is 48.2 Å². The van der Waals surface area contributed by atoms with Crippen LogP contribution in [0.3, 0.4) is 0 Å². The standard InChI is InChI=1S/C27H31F3N2O6/c28-27(29,30)20-10-8-19(9-11-20)25(33)32-14-22(38-17-36-15-18-5-2-1-3-6-18)13-21(32)16-37-23-7-4-12-31-24(23)26(34)35/h1-7,12,19-22H,8-11,13-17H2,(H,34,35)/t19-,20-,21-,22-/m1/s1. The number of halogens is 3. The van der Waals surface area contributed by atoms with Crippen LogP contribution in [0.2, 0.25) is 0 Å². The maximum Gasteiger partial charge on any atom is 0.391 e. The molecule has 1 aliphatic heterocycles. The average molecular weight is 537 g/mol. The van der Waals surface area contributed by atoms with Gasteiger partial charge in [-0.3, -0.25) is 4.79 Å². The van der Waals surface area contributed by atoms with Gasteiger partial charge < -0.3 is 24.2 Å². The van der Waals surface area contributed by atoms with E-state index in [1.807, 2.05) is 30.3 Å². The van der Waals surface area contributed by atoms with Gasteiger partial charge in [-0.2, -0.15) is 13.2 Å². The van der Waals surface area contributed by atoms with Crippen LogP contribution < -0.4 is 4.74 Å². The summed E-state index contributed by atoms with van der Waals surface area (Å²) >= 11 is 0. The smallest absolute Gasteiger partial charge is 0.391 e. The first kappa shape index (κ1) is 27.8. The van der Waals surface area contributed by atoms with E-state index in [0.717, 1.165) is 5.56 Å². The van der Waals surface area contributed by atoms with Crippen molar-refractivity contribution in [3.8, 4) is 5.75 Å². The van der Waals surface area contributed by atoms with E-state index in [1.54, 1.807) is 11.0 Å². The van der Waals surface area contributed by atoms with Gasteiger partial charge >= 0.3 is 12.1 Å². The molecule has 38 heavy (non-hydrogen) atoms. The summed E-state index contributed by atoms with van der Waals surface area (Å²) in [5, 5.41) is 9.37. The van der Waals surface area contributed by atoms with Crippen LogP contribution in [0.5, 0.6) is 5.75 Å². The number of carboxylic acid groups (broad SMARTS) is 1. The molecule has 0 unspecified atom stereocenters. The predicted octanol–water partition coefficient (Wildman–Crippen LogP) is 4.69. The molecule has 1 aliphatic carbocycles. The predicted molar refractivity (Wildman–Crippen MR) is 129 cm³/mol. The van der Waals surface area contributed by atoms with Crippen LogP contribution >= 0.6 is 0 Å². The Morgan fingerprint density at radius 2 is 1.79 bits per heavy atom. The molecule has 2 aliphatic rings. The third kappa shape index (κ3) is 7.22. The van der Waals surface area contributed by atoms with Crippen molar-refractivity contribution in [1.29, 1.82) is 0 Å². The number of ether oxygens (including phenoxy) is 3. The maximum atomic E-state index is 13.4. The number of carbonyl (C=O) groups is 2. The van der Waals surface area contributed by atoms with Crippen molar-refractivity contribution in [3.63, 3.8) is 0 Å². The summed E-state index contributed by atoms with van der Waals surface area (Å²) in [5.74, 6) is -3.26. The molecule has 11 heteroatoms. The first-order valence-corrected chi connectivity index (χ1v) is 12.6. The summed E-state index contributed by atoms with van der Waals surface area (Å²) in [5.41, 5.74) is 0.752.